The number of nitrogens with one attached hydrogen (secondary N) is 1. The van der Waals surface area contributed by atoms with Crippen LogP contribution in [-0.4, -0.2) is 13.7 Å². The van der Waals surface area contributed by atoms with Crippen molar-refractivity contribution in [1.82, 2.24) is 0 Å². The van der Waals surface area contributed by atoms with Crippen LogP contribution in [0.3, 0.4) is 0 Å². The molecule has 104 valence electrons. The van der Waals surface area contributed by atoms with Gasteiger partial charge in [0.2, 0.25) is 0 Å². The molecule has 0 bridgehead atoms. The van der Waals surface area contributed by atoms with E-state index in [1.807, 2.05) is 12.1 Å². The average Bonchev–Trinajstić information content (AvgIpc) is 2.48. The van der Waals surface area contributed by atoms with Gasteiger partial charge in [0.15, 0.2) is 11.6 Å². The molecule has 1 heterocycles. The highest BCUT2D eigenvalue weighted by atomic mass is 19.1. The van der Waals surface area contributed by atoms with Crippen molar-refractivity contribution in [2.45, 2.75) is 12.6 Å². The van der Waals surface area contributed by atoms with Gasteiger partial charge in [-0.25, -0.2) is 4.39 Å². The Morgan fingerprint density at radius 1 is 1.25 bits per heavy atom. The molecule has 0 fully saturated rings. The average molecular weight is 273 g/mol. The first-order valence-electron chi connectivity index (χ1n) is 6.53. The fraction of sp³-hybridized carbons (Fsp3) is 0.250. The van der Waals surface area contributed by atoms with Crippen LogP contribution in [0.1, 0.15) is 17.2 Å². The van der Waals surface area contributed by atoms with E-state index in [1.165, 1.54) is 24.3 Å². The van der Waals surface area contributed by atoms with E-state index in [0.717, 1.165) is 0 Å². The zero-order valence-electron chi connectivity index (χ0n) is 11.2. The van der Waals surface area contributed by atoms with Crippen LogP contribution in [0.25, 0.3) is 0 Å². The van der Waals surface area contributed by atoms with Crippen molar-refractivity contribution in [3.63, 3.8) is 0 Å². The van der Waals surface area contributed by atoms with E-state index in [2.05, 4.69) is 17.4 Å². The van der Waals surface area contributed by atoms with Crippen molar-refractivity contribution in [2.75, 3.05) is 19.0 Å². The highest BCUT2D eigenvalue weighted by molar-refractivity contribution is 5.50. The lowest BCUT2D eigenvalue weighted by Gasteiger charge is -2.27. The zero-order chi connectivity index (χ0) is 13.9. The Morgan fingerprint density at radius 2 is 2.10 bits per heavy atom. The van der Waals surface area contributed by atoms with Crippen LogP contribution >= 0.6 is 0 Å². The Bertz CT molecular complexity index is 615. The molecular weight excluding hydrogens is 257 g/mol. The third kappa shape index (κ3) is 2.47. The lowest BCUT2D eigenvalue weighted by atomic mass is 9.99. The Morgan fingerprint density at radius 3 is 2.90 bits per heavy atom. The minimum atomic E-state index is -0.373. The highest BCUT2D eigenvalue weighted by Gasteiger charge is 2.20. The Balaban J connectivity index is 1.84. The van der Waals surface area contributed by atoms with Crippen molar-refractivity contribution in [3.8, 4) is 5.75 Å². The molecule has 1 atom stereocenters. The summed E-state index contributed by atoms with van der Waals surface area (Å²) in [5.41, 5.74) is 3.09. The lowest BCUT2D eigenvalue weighted by molar-refractivity contribution is 0.0970. The summed E-state index contributed by atoms with van der Waals surface area (Å²) in [5, 5.41) is 3.31. The highest BCUT2D eigenvalue weighted by Crippen LogP contribution is 2.29. The molecule has 3 rings (SSSR count). The smallest absolute Gasteiger partial charge is 0.167 e. The monoisotopic (exact) mass is 273 g/mol. The third-order valence-electron chi connectivity index (χ3n) is 3.47. The summed E-state index contributed by atoms with van der Waals surface area (Å²) in [5.74, 6) is -0.127. The molecule has 0 spiro atoms. The SMILES string of the molecule is COc1ccc(NC2COCc3ccccc32)cc1F. The second-order valence-corrected chi connectivity index (χ2v) is 4.76. The van der Waals surface area contributed by atoms with Gasteiger partial charge in [0, 0.05) is 11.8 Å². The van der Waals surface area contributed by atoms with Crippen molar-refractivity contribution >= 4 is 5.69 Å². The normalized spacial score (nSPS) is 17.4. The largest absolute Gasteiger partial charge is 0.494 e. The molecule has 1 aliphatic heterocycles. The number of hydrogen-bond acceptors (Lipinski definition) is 3. The summed E-state index contributed by atoms with van der Waals surface area (Å²) in [4.78, 5) is 0. The molecule has 0 amide bonds. The second-order valence-electron chi connectivity index (χ2n) is 4.76. The summed E-state index contributed by atoms with van der Waals surface area (Å²) in [6.07, 6.45) is 0. The molecule has 0 aromatic heterocycles. The van der Waals surface area contributed by atoms with Gasteiger partial charge in [-0.05, 0) is 23.3 Å². The minimum absolute atomic E-state index is 0.0349. The number of halogens is 1. The van der Waals surface area contributed by atoms with Gasteiger partial charge in [-0.2, -0.15) is 0 Å². The maximum Gasteiger partial charge on any atom is 0.167 e. The first kappa shape index (κ1) is 12.9. The molecule has 3 nitrogen and oxygen atoms in total. The number of fused-ring (bicyclic) bond motifs is 1. The van der Waals surface area contributed by atoms with Crippen molar-refractivity contribution in [1.29, 1.82) is 0 Å². The van der Waals surface area contributed by atoms with Crippen LogP contribution in [-0.2, 0) is 11.3 Å². The van der Waals surface area contributed by atoms with Crippen LogP contribution in [0, 0.1) is 5.82 Å². The molecular formula is C16H16FNO2. The maximum atomic E-state index is 13.7. The van der Waals surface area contributed by atoms with Gasteiger partial charge in [-0.1, -0.05) is 24.3 Å². The molecule has 1 unspecified atom stereocenters. The standard InChI is InChI=1S/C16H16FNO2/c1-19-16-7-6-12(8-14(16)17)18-15-10-20-9-11-4-2-3-5-13(11)15/h2-8,15,18H,9-10H2,1H3. The summed E-state index contributed by atoms with van der Waals surface area (Å²) >= 11 is 0. The van der Waals surface area contributed by atoms with Gasteiger partial charge >= 0.3 is 0 Å². The molecule has 1 N–H and O–H groups in total. The summed E-state index contributed by atoms with van der Waals surface area (Å²) in [6.45, 7) is 1.20. The molecule has 0 saturated heterocycles. The van der Waals surface area contributed by atoms with E-state index < -0.39 is 0 Å². The molecule has 1 aliphatic rings. The van der Waals surface area contributed by atoms with Gasteiger partial charge in [0.05, 0.1) is 26.4 Å². The van der Waals surface area contributed by atoms with Crippen molar-refractivity contribution in [3.05, 3.63) is 59.4 Å². The first-order valence-corrected chi connectivity index (χ1v) is 6.53. The van der Waals surface area contributed by atoms with E-state index in [4.69, 9.17) is 9.47 Å². The zero-order valence-corrected chi connectivity index (χ0v) is 11.2. The van der Waals surface area contributed by atoms with E-state index in [-0.39, 0.29) is 17.6 Å². The quantitative estimate of drug-likeness (QED) is 0.928. The number of hydrogen-bond donors (Lipinski definition) is 1. The van der Waals surface area contributed by atoms with Gasteiger partial charge in [0.1, 0.15) is 0 Å². The van der Waals surface area contributed by atoms with E-state index in [0.29, 0.717) is 18.9 Å². The summed E-state index contributed by atoms with van der Waals surface area (Å²) in [6, 6.07) is 13.0. The Labute approximate surface area is 117 Å². The number of ether oxygens (including phenoxy) is 2. The number of rotatable bonds is 3. The molecule has 4 heteroatoms. The Kier molecular flexibility index (Phi) is 3.56. The van der Waals surface area contributed by atoms with Crippen LogP contribution in [0.15, 0.2) is 42.5 Å². The van der Waals surface area contributed by atoms with Gasteiger partial charge < -0.3 is 14.8 Å². The number of methoxy groups -OCH3 is 1. The summed E-state index contributed by atoms with van der Waals surface area (Å²) in [7, 11) is 1.46. The fourth-order valence-electron chi connectivity index (χ4n) is 2.46. The number of anilines is 1. The van der Waals surface area contributed by atoms with Crippen LogP contribution in [0.2, 0.25) is 0 Å². The van der Waals surface area contributed by atoms with Gasteiger partial charge in [-0.15, -0.1) is 0 Å². The molecule has 0 saturated carbocycles. The van der Waals surface area contributed by atoms with Crippen LogP contribution < -0.4 is 10.1 Å². The summed E-state index contributed by atoms with van der Waals surface area (Å²) < 4.78 is 24.2. The van der Waals surface area contributed by atoms with Crippen LogP contribution in [0.4, 0.5) is 10.1 Å². The molecule has 2 aromatic rings. The van der Waals surface area contributed by atoms with Crippen molar-refractivity contribution < 1.29 is 13.9 Å². The van der Waals surface area contributed by atoms with Gasteiger partial charge in [-0.3, -0.25) is 0 Å². The van der Waals surface area contributed by atoms with E-state index in [1.54, 1.807) is 12.1 Å². The lowest BCUT2D eigenvalue weighted by Crippen LogP contribution is -2.23. The topological polar surface area (TPSA) is 30.5 Å². The number of benzene rings is 2. The molecule has 20 heavy (non-hydrogen) atoms. The third-order valence-corrected chi connectivity index (χ3v) is 3.47. The maximum absolute atomic E-state index is 13.7. The first-order chi connectivity index (χ1) is 9.78. The predicted molar refractivity (Wildman–Crippen MR) is 75.4 cm³/mol. The van der Waals surface area contributed by atoms with Crippen LogP contribution in [0.5, 0.6) is 5.75 Å². The fourth-order valence-corrected chi connectivity index (χ4v) is 2.46. The minimum Gasteiger partial charge on any atom is -0.494 e. The Hall–Kier alpha value is -2.07. The second kappa shape index (κ2) is 5.51. The van der Waals surface area contributed by atoms with E-state index >= 15 is 0 Å². The van der Waals surface area contributed by atoms with E-state index in [9.17, 15) is 4.39 Å². The van der Waals surface area contributed by atoms with Gasteiger partial charge in [0.25, 0.3) is 0 Å². The molecule has 0 aliphatic carbocycles. The molecule has 0 radical (unpaired) electrons. The van der Waals surface area contributed by atoms with Crippen molar-refractivity contribution in [2.24, 2.45) is 0 Å². The predicted octanol–water partition coefficient (Wildman–Crippen LogP) is 3.52. The molecule has 2 aromatic carbocycles.